The summed E-state index contributed by atoms with van der Waals surface area (Å²) >= 11 is 0. The molecular weight excluding hydrogens is 222 g/mol. The second-order valence-corrected chi connectivity index (χ2v) is 4.94. The Hall–Kier alpha value is -1.61. The van der Waals surface area contributed by atoms with E-state index < -0.39 is 0 Å². The summed E-state index contributed by atoms with van der Waals surface area (Å²) in [6.07, 6.45) is 7.04. The quantitative estimate of drug-likeness (QED) is 0.823. The fourth-order valence-corrected chi connectivity index (χ4v) is 2.75. The molecule has 2 aromatic rings. The maximum absolute atomic E-state index is 4.06. The van der Waals surface area contributed by atoms with Gasteiger partial charge in [0.05, 0.1) is 0 Å². The predicted molar refractivity (Wildman–Crippen MR) is 72.4 cm³/mol. The molecule has 0 unspecified atom stereocenters. The zero-order chi connectivity index (χ0) is 12.4. The summed E-state index contributed by atoms with van der Waals surface area (Å²) in [5.41, 5.74) is 2.81. The Bertz CT molecular complexity index is 503. The third kappa shape index (κ3) is 2.18. The molecule has 0 radical (unpaired) electrons. The van der Waals surface area contributed by atoms with E-state index in [-0.39, 0.29) is 0 Å². The average Bonchev–Trinajstić information content (AvgIpc) is 2.88. The van der Waals surface area contributed by atoms with Gasteiger partial charge in [-0.15, -0.1) is 0 Å². The van der Waals surface area contributed by atoms with Crippen LogP contribution in [0.25, 0.3) is 0 Å². The molecule has 0 amide bonds. The lowest BCUT2D eigenvalue weighted by Crippen LogP contribution is -2.37. The first-order valence-corrected chi connectivity index (χ1v) is 6.62. The van der Waals surface area contributed by atoms with E-state index in [0.29, 0.717) is 6.04 Å². The first-order chi connectivity index (χ1) is 8.84. The van der Waals surface area contributed by atoms with E-state index in [4.69, 9.17) is 0 Å². The number of hydrogen-bond donors (Lipinski definition) is 0. The third-order valence-corrected chi connectivity index (χ3v) is 3.91. The summed E-state index contributed by atoms with van der Waals surface area (Å²) in [5, 5.41) is 0. The van der Waals surface area contributed by atoms with E-state index in [0.717, 1.165) is 26.1 Å². The lowest BCUT2D eigenvalue weighted by molar-refractivity contribution is 0.171. The highest BCUT2D eigenvalue weighted by Crippen LogP contribution is 2.25. The predicted octanol–water partition coefficient (Wildman–Crippen LogP) is 2.50. The van der Waals surface area contributed by atoms with Crippen LogP contribution < -0.4 is 0 Å². The lowest BCUT2D eigenvalue weighted by Gasteiger charge is -2.34. The summed E-state index contributed by atoms with van der Waals surface area (Å²) in [6.45, 7) is 5.69. The van der Waals surface area contributed by atoms with E-state index in [9.17, 15) is 0 Å². The van der Waals surface area contributed by atoms with Gasteiger partial charge in [-0.25, -0.2) is 0 Å². The maximum atomic E-state index is 4.06. The zero-order valence-corrected chi connectivity index (χ0v) is 10.8. The molecule has 0 N–H and O–H groups in total. The highest BCUT2D eigenvalue weighted by Gasteiger charge is 2.22. The molecule has 1 atom stereocenters. The van der Waals surface area contributed by atoms with Crippen molar-refractivity contribution in [3.05, 3.63) is 54.1 Å². The second-order valence-electron chi connectivity index (χ2n) is 4.94. The van der Waals surface area contributed by atoms with E-state index in [2.05, 4.69) is 51.8 Å². The number of hydrogen-bond acceptors (Lipinski definition) is 2. The number of nitrogens with zero attached hydrogens (tertiary/aromatic N) is 3. The topological polar surface area (TPSA) is 21.1 Å². The molecule has 0 saturated carbocycles. The Kier molecular flexibility index (Phi) is 3.15. The Morgan fingerprint density at radius 2 is 2.06 bits per heavy atom. The summed E-state index contributed by atoms with van der Waals surface area (Å²) < 4.78 is 2.37. The van der Waals surface area contributed by atoms with Gasteiger partial charge in [-0.3, -0.25) is 9.88 Å². The smallest absolute Gasteiger partial charge is 0.0473 e. The standard InChI is InChI=1S/C15H19N3/c1-13-15-3-2-9-18(15)12-11-17(13)10-6-14-4-7-16-8-5-14/h2-5,7-9,13H,6,10-12H2,1H3/t13-/m1/s1. The lowest BCUT2D eigenvalue weighted by atomic mass is 10.1. The SMILES string of the molecule is C[C@@H]1c2cccn2CCN1CCc1ccncc1. The van der Waals surface area contributed by atoms with E-state index in [1.807, 2.05) is 12.4 Å². The second kappa shape index (κ2) is 4.94. The third-order valence-electron chi connectivity index (χ3n) is 3.91. The van der Waals surface area contributed by atoms with Gasteiger partial charge in [0, 0.05) is 50.0 Å². The molecule has 3 rings (SSSR count). The highest BCUT2D eigenvalue weighted by molar-refractivity contribution is 5.14. The summed E-state index contributed by atoms with van der Waals surface area (Å²) in [4.78, 5) is 6.63. The van der Waals surface area contributed by atoms with Crippen molar-refractivity contribution in [1.29, 1.82) is 0 Å². The zero-order valence-electron chi connectivity index (χ0n) is 10.8. The van der Waals surface area contributed by atoms with Crippen LogP contribution in [-0.2, 0) is 13.0 Å². The van der Waals surface area contributed by atoms with Crippen LogP contribution in [0.5, 0.6) is 0 Å². The Labute approximate surface area is 108 Å². The van der Waals surface area contributed by atoms with Gasteiger partial charge in [0.1, 0.15) is 0 Å². The van der Waals surface area contributed by atoms with Crippen LogP contribution in [0.1, 0.15) is 24.2 Å². The normalized spacial score (nSPS) is 19.7. The minimum absolute atomic E-state index is 0.524. The van der Waals surface area contributed by atoms with E-state index in [1.54, 1.807) is 0 Å². The number of pyridine rings is 1. The summed E-state index contributed by atoms with van der Waals surface area (Å²) in [7, 11) is 0. The van der Waals surface area contributed by atoms with Crippen LogP contribution >= 0.6 is 0 Å². The monoisotopic (exact) mass is 241 g/mol. The summed E-state index contributed by atoms with van der Waals surface area (Å²) in [5.74, 6) is 0. The van der Waals surface area contributed by atoms with Crippen LogP contribution in [0, 0.1) is 0 Å². The van der Waals surface area contributed by atoms with Crippen LogP contribution in [0.3, 0.4) is 0 Å². The molecule has 94 valence electrons. The van der Waals surface area contributed by atoms with Gasteiger partial charge >= 0.3 is 0 Å². The van der Waals surface area contributed by atoms with Gasteiger partial charge < -0.3 is 4.57 Å². The fraction of sp³-hybridized carbons (Fsp3) is 0.400. The minimum atomic E-state index is 0.524. The van der Waals surface area contributed by atoms with Gasteiger partial charge in [-0.2, -0.15) is 0 Å². The fourth-order valence-electron chi connectivity index (χ4n) is 2.75. The molecule has 0 spiro atoms. The van der Waals surface area contributed by atoms with Crippen molar-refractivity contribution in [1.82, 2.24) is 14.5 Å². The molecule has 18 heavy (non-hydrogen) atoms. The van der Waals surface area contributed by atoms with Gasteiger partial charge in [0.25, 0.3) is 0 Å². The van der Waals surface area contributed by atoms with Crippen LogP contribution in [0.2, 0.25) is 0 Å². The Balaban J connectivity index is 1.65. The molecule has 1 aliphatic rings. The van der Waals surface area contributed by atoms with Crippen LogP contribution in [0.15, 0.2) is 42.9 Å². The highest BCUT2D eigenvalue weighted by atomic mass is 15.2. The van der Waals surface area contributed by atoms with Crippen molar-refractivity contribution in [2.75, 3.05) is 13.1 Å². The summed E-state index contributed by atoms with van der Waals surface area (Å²) in [6, 6.07) is 9.13. The van der Waals surface area contributed by atoms with Gasteiger partial charge in [0.2, 0.25) is 0 Å². The first kappa shape index (κ1) is 11.5. The van der Waals surface area contributed by atoms with Crippen molar-refractivity contribution in [2.24, 2.45) is 0 Å². The van der Waals surface area contributed by atoms with Crippen LogP contribution in [-0.4, -0.2) is 27.5 Å². The molecule has 3 heteroatoms. The van der Waals surface area contributed by atoms with Crippen molar-refractivity contribution >= 4 is 0 Å². The molecule has 2 aromatic heterocycles. The number of aromatic nitrogens is 2. The molecule has 3 heterocycles. The van der Waals surface area contributed by atoms with Crippen molar-refractivity contribution < 1.29 is 0 Å². The van der Waals surface area contributed by atoms with Gasteiger partial charge in [-0.05, 0) is 43.2 Å². The molecule has 0 aliphatic carbocycles. The van der Waals surface area contributed by atoms with Gasteiger partial charge in [0.15, 0.2) is 0 Å². The van der Waals surface area contributed by atoms with Crippen molar-refractivity contribution in [3.63, 3.8) is 0 Å². The molecule has 3 nitrogen and oxygen atoms in total. The number of rotatable bonds is 3. The van der Waals surface area contributed by atoms with E-state index in [1.165, 1.54) is 11.3 Å². The first-order valence-electron chi connectivity index (χ1n) is 6.62. The van der Waals surface area contributed by atoms with Crippen LogP contribution in [0.4, 0.5) is 0 Å². The molecule has 0 aromatic carbocycles. The number of fused-ring (bicyclic) bond motifs is 1. The minimum Gasteiger partial charge on any atom is -0.349 e. The molecule has 0 saturated heterocycles. The molecular formula is C15H19N3. The van der Waals surface area contributed by atoms with Gasteiger partial charge in [-0.1, -0.05) is 0 Å². The Morgan fingerprint density at radius 3 is 2.89 bits per heavy atom. The Morgan fingerprint density at radius 1 is 1.22 bits per heavy atom. The van der Waals surface area contributed by atoms with E-state index >= 15 is 0 Å². The average molecular weight is 241 g/mol. The largest absolute Gasteiger partial charge is 0.349 e. The van der Waals surface area contributed by atoms with Crippen molar-refractivity contribution in [3.8, 4) is 0 Å². The molecule has 0 bridgehead atoms. The molecule has 1 aliphatic heterocycles. The van der Waals surface area contributed by atoms with Crippen molar-refractivity contribution in [2.45, 2.75) is 25.9 Å². The maximum Gasteiger partial charge on any atom is 0.0473 e. The molecule has 0 fully saturated rings.